The molecule has 1 fully saturated rings. The number of hydrogen-bond acceptors (Lipinski definition) is 1. The van der Waals surface area contributed by atoms with E-state index in [0.717, 1.165) is 6.42 Å². The third kappa shape index (κ3) is 1.53. The van der Waals surface area contributed by atoms with E-state index in [1.807, 2.05) is 13.8 Å². The van der Waals surface area contributed by atoms with Gasteiger partial charge in [-0.15, -0.1) is 23.2 Å². The number of aliphatic carboxylic acids is 1. The van der Waals surface area contributed by atoms with Crippen molar-refractivity contribution in [3.8, 4) is 0 Å². The first-order valence-electron chi connectivity index (χ1n) is 4.75. The minimum absolute atomic E-state index is 0.0620. The lowest BCUT2D eigenvalue weighted by Crippen LogP contribution is -2.42. The van der Waals surface area contributed by atoms with Gasteiger partial charge in [0.1, 0.15) is 4.84 Å². The van der Waals surface area contributed by atoms with E-state index in [9.17, 15) is 9.90 Å². The number of carboxylic acids is 1. The lowest BCUT2D eigenvalue weighted by Gasteiger charge is -2.38. The van der Waals surface area contributed by atoms with E-state index >= 15 is 0 Å². The van der Waals surface area contributed by atoms with E-state index in [1.54, 1.807) is 6.92 Å². The number of carbonyl (C=O) groups is 1. The topological polar surface area (TPSA) is 37.3 Å². The van der Waals surface area contributed by atoms with Gasteiger partial charge >= 0.3 is 5.97 Å². The number of alkyl halides is 2. The van der Waals surface area contributed by atoms with Crippen LogP contribution >= 0.6 is 23.2 Å². The summed E-state index contributed by atoms with van der Waals surface area (Å²) in [5, 5.41) is 9.22. The summed E-state index contributed by atoms with van der Waals surface area (Å²) in [6.07, 6.45) is 1.43. The molecule has 1 rings (SSSR count). The van der Waals surface area contributed by atoms with Crippen molar-refractivity contribution in [1.29, 1.82) is 0 Å². The Kier molecular flexibility index (Phi) is 3.09. The molecule has 0 heterocycles. The Morgan fingerprint density at radius 1 is 1.43 bits per heavy atom. The van der Waals surface area contributed by atoms with Crippen LogP contribution in [-0.2, 0) is 4.79 Å². The van der Waals surface area contributed by atoms with Crippen LogP contribution in [0.1, 0.15) is 33.6 Å². The Morgan fingerprint density at radius 2 is 1.93 bits per heavy atom. The molecule has 1 N–H and O–H groups in total. The number of hydrogen-bond donors (Lipinski definition) is 1. The highest BCUT2D eigenvalue weighted by molar-refractivity contribution is 6.44. The van der Waals surface area contributed by atoms with Crippen molar-refractivity contribution >= 4 is 29.2 Å². The maximum atomic E-state index is 11.2. The van der Waals surface area contributed by atoms with Crippen molar-refractivity contribution in [3.05, 3.63) is 0 Å². The van der Waals surface area contributed by atoms with E-state index in [1.165, 1.54) is 0 Å². The highest BCUT2D eigenvalue weighted by atomic mass is 35.5. The Balaban J connectivity index is 3.02. The molecular weight excluding hydrogens is 223 g/mol. The van der Waals surface area contributed by atoms with Crippen molar-refractivity contribution in [3.63, 3.8) is 0 Å². The largest absolute Gasteiger partial charge is 0.481 e. The molecule has 0 aliphatic heterocycles. The monoisotopic (exact) mass is 238 g/mol. The zero-order valence-corrected chi connectivity index (χ0v) is 10.2. The van der Waals surface area contributed by atoms with Crippen LogP contribution in [0.2, 0.25) is 0 Å². The number of rotatable bonds is 2. The Hall–Kier alpha value is 0.0500. The van der Waals surface area contributed by atoms with E-state index in [0.29, 0.717) is 6.42 Å². The highest BCUT2D eigenvalue weighted by Gasteiger charge is 2.57. The van der Waals surface area contributed by atoms with Crippen LogP contribution in [0.5, 0.6) is 0 Å². The van der Waals surface area contributed by atoms with Crippen molar-refractivity contribution < 1.29 is 9.90 Å². The summed E-state index contributed by atoms with van der Waals surface area (Å²) < 4.78 is 0. The quantitative estimate of drug-likeness (QED) is 0.750. The molecule has 0 radical (unpaired) electrons. The van der Waals surface area contributed by atoms with Crippen molar-refractivity contribution in [2.45, 2.75) is 38.4 Å². The molecule has 0 aromatic carbocycles. The summed E-state index contributed by atoms with van der Waals surface area (Å²) >= 11 is 11.7. The van der Waals surface area contributed by atoms with E-state index in [2.05, 4.69) is 0 Å². The Bertz CT molecular complexity index is 251. The summed E-state index contributed by atoms with van der Waals surface area (Å²) in [6, 6.07) is 0. The minimum atomic E-state index is -0.751. The van der Waals surface area contributed by atoms with Gasteiger partial charge in [-0.1, -0.05) is 13.8 Å². The highest BCUT2D eigenvalue weighted by Crippen LogP contribution is 2.58. The van der Waals surface area contributed by atoms with Crippen molar-refractivity contribution in [1.82, 2.24) is 0 Å². The summed E-state index contributed by atoms with van der Waals surface area (Å²) in [5.74, 6) is -0.689. The van der Waals surface area contributed by atoms with Crippen LogP contribution < -0.4 is 0 Å². The average molecular weight is 239 g/mol. The van der Waals surface area contributed by atoms with Gasteiger partial charge < -0.3 is 5.11 Å². The van der Waals surface area contributed by atoms with Crippen molar-refractivity contribution in [2.75, 3.05) is 0 Å². The van der Waals surface area contributed by atoms with E-state index in [4.69, 9.17) is 23.2 Å². The molecule has 0 spiro atoms. The van der Waals surface area contributed by atoms with Crippen molar-refractivity contribution in [2.24, 2.45) is 16.7 Å². The summed E-state index contributed by atoms with van der Waals surface area (Å²) in [7, 11) is 0. The normalized spacial score (nSPS) is 36.3. The lowest BCUT2D eigenvalue weighted by molar-refractivity contribution is -0.154. The summed E-state index contributed by atoms with van der Waals surface area (Å²) in [5.41, 5.74) is -1.06. The van der Waals surface area contributed by atoms with Gasteiger partial charge in [0.05, 0.1) is 5.41 Å². The second-order valence-corrected chi connectivity index (χ2v) is 6.00. The predicted molar refractivity (Wildman–Crippen MR) is 57.7 cm³/mol. The van der Waals surface area contributed by atoms with Crippen LogP contribution in [0, 0.1) is 16.7 Å². The maximum absolute atomic E-state index is 11.2. The van der Waals surface area contributed by atoms with Gasteiger partial charge in [-0.05, 0) is 31.1 Å². The first-order chi connectivity index (χ1) is 6.23. The molecule has 0 aromatic rings. The van der Waals surface area contributed by atoms with E-state index in [-0.39, 0.29) is 11.3 Å². The second-order valence-electron chi connectivity index (χ2n) is 4.84. The standard InChI is InChI=1S/C10H16Cl2O2/c1-9(2)6(7(11)12)4-5-10(9,3)8(13)14/h6-7H,4-5H2,1-3H3,(H,13,14)/t6-,10+/m0/s1. The van der Waals surface area contributed by atoms with Crippen LogP contribution in [-0.4, -0.2) is 15.9 Å². The van der Waals surface area contributed by atoms with Crippen LogP contribution in [0.25, 0.3) is 0 Å². The lowest BCUT2D eigenvalue weighted by atomic mass is 9.66. The molecule has 2 nitrogen and oxygen atoms in total. The zero-order valence-electron chi connectivity index (χ0n) is 8.68. The minimum Gasteiger partial charge on any atom is -0.481 e. The average Bonchev–Trinajstić information content (AvgIpc) is 2.24. The summed E-state index contributed by atoms with van der Waals surface area (Å²) in [4.78, 5) is 10.7. The number of halogens is 2. The maximum Gasteiger partial charge on any atom is 0.309 e. The molecule has 0 amide bonds. The molecule has 0 saturated heterocycles. The third-order valence-electron chi connectivity index (χ3n) is 4.08. The van der Waals surface area contributed by atoms with Crippen LogP contribution in [0.4, 0.5) is 0 Å². The van der Waals surface area contributed by atoms with Gasteiger partial charge in [-0.3, -0.25) is 4.79 Å². The fraction of sp³-hybridized carbons (Fsp3) is 0.900. The molecule has 0 bridgehead atoms. The molecule has 0 unspecified atom stereocenters. The Morgan fingerprint density at radius 3 is 2.14 bits per heavy atom. The van der Waals surface area contributed by atoms with Gasteiger partial charge in [-0.2, -0.15) is 0 Å². The molecular formula is C10H16Cl2O2. The summed E-state index contributed by atoms with van der Waals surface area (Å²) in [6.45, 7) is 5.67. The fourth-order valence-electron chi connectivity index (χ4n) is 2.36. The molecule has 2 atom stereocenters. The van der Waals surface area contributed by atoms with Gasteiger partial charge in [0.25, 0.3) is 0 Å². The molecule has 1 saturated carbocycles. The van der Waals surface area contributed by atoms with Gasteiger partial charge in [0, 0.05) is 0 Å². The smallest absolute Gasteiger partial charge is 0.309 e. The molecule has 4 heteroatoms. The molecule has 82 valence electrons. The fourth-order valence-corrected chi connectivity index (χ4v) is 3.24. The first kappa shape index (κ1) is 12.1. The van der Waals surface area contributed by atoms with Gasteiger partial charge in [-0.25, -0.2) is 0 Å². The molecule has 14 heavy (non-hydrogen) atoms. The van der Waals surface area contributed by atoms with E-state index < -0.39 is 16.2 Å². The molecule has 1 aliphatic rings. The zero-order chi connectivity index (χ0) is 11.1. The van der Waals surface area contributed by atoms with Gasteiger partial charge in [0.15, 0.2) is 0 Å². The Labute approximate surface area is 94.6 Å². The first-order valence-corrected chi connectivity index (χ1v) is 5.62. The molecule has 1 aliphatic carbocycles. The SMILES string of the molecule is CC1(C)[C@H](C(Cl)Cl)CC[C@]1(C)C(=O)O. The number of carboxylic acid groups (broad SMARTS) is 1. The molecule has 0 aromatic heterocycles. The predicted octanol–water partition coefficient (Wildman–Crippen LogP) is 3.32. The second kappa shape index (κ2) is 3.57. The van der Waals surface area contributed by atoms with Crippen LogP contribution in [0.15, 0.2) is 0 Å². The third-order valence-corrected chi connectivity index (χ3v) is 4.69. The van der Waals surface area contributed by atoms with Crippen LogP contribution in [0.3, 0.4) is 0 Å². The van der Waals surface area contributed by atoms with Gasteiger partial charge in [0.2, 0.25) is 0 Å².